The summed E-state index contributed by atoms with van der Waals surface area (Å²) >= 11 is 1.49. The van der Waals surface area contributed by atoms with Gasteiger partial charge in [-0.2, -0.15) is 0 Å². The molecule has 1 aromatic heterocycles. The number of thiophene rings is 1. The fraction of sp³-hybridized carbons (Fsp3) is 0.400. The van der Waals surface area contributed by atoms with Crippen LogP contribution in [0.3, 0.4) is 0 Å². The molecule has 0 saturated carbocycles. The summed E-state index contributed by atoms with van der Waals surface area (Å²) in [6.45, 7) is 1.73. The predicted molar refractivity (Wildman–Crippen MR) is 57.9 cm³/mol. The number of hydrogen-bond donors (Lipinski definition) is 2. The lowest BCUT2D eigenvalue weighted by Gasteiger charge is -2.11. The summed E-state index contributed by atoms with van der Waals surface area (Å²) in [4.78, 5) is 23.0. The third-order valence-electron chi connectivity index (χ3n) is 1.96. The molecule has 0 radical (unpaired) electrons. The lowest BCUT2D eigenvalue weighted by molar-refractivity contribution is -0.141. The quantitative estimate of drug-likeness (QED) is 0.796. The summed E-state index contributed by atoms with van der Waals surface area (Å²) in [5, 5.41) is 13.1. The Morgan fingerprint density at radius 2 is 2.33 bits per heavy atom. The molecule has 0 unspecified atom stereocenters. The van der Waals surface area contributed by atoms with Crippen molar-refractivity contribution in [3.63, 3.8) is 0 Å². The molecule has 2 N–H and O–H groups in total. The Kier molecular flexibility index (Phi) is 4.30. The van der Waals surface area contributed by atoms with E-state index >= 15 is 0 Å². The summed E-state index contributed by atoms with van der Waals surface area (Å²) in [5.41, 5.74) is 0. The largest absolute Gasteiger partial charge is 0.480 e. The van der Waals surface area contributed by atoms with Gasteiger partial charge in [-0.1, -0.05) is 13.0 Å². The topological polar surface area (TPSA) is 66.4 Å². The lowest BCUT2D eigenvalue weighted by Crippen LogP contribution is -2.40. The van der Waals surface area contributed by atoms with E-state index in [4.69, 9.17) is 5.11 Å². The van der Waals surface area contributed by atoms with Crippen LogP contribution < -0.4 is 5.32 Å². The number of carbonyl (C=O) groups excluding carboxylic acids is 1. The normalized spacial score (nSPS) is 12.1. The van der Waals surface area contributed by atoms with Crippen molar-refractivity contribution in [3.05, 3.63) is 22.4 Å². The van der Waals surface area contributed by atoms with E-state index in [1.165, 1.54) is 11.3 Å². The van der Waals surface area contributed by atoms with E-state index in [2.05, 4.69) is 5.32 Å². The Bertz CT molecular complexity index is 334. The van der Waals surface area contributed by atoms with Gasteiger partial charge in [-0.05, 0) is 17.9 Å². The van der Waals surface area contributed by atoms with Gasteiger partial charge in [0, 0.05) is 4.88 Å². The number of rotatable bonds is 5. The second-order valence-corrected chi connectivity index (χ2v) is 4.15. The second-order valence-electron chi connectivity index (χ2n) is 3.12. The fourth-order valence-corrected chi connectivity index (χ4v) is 1.86. The lowest BCUT2D eigenvalue weighted by atomic mass is 10.2. The SMILES string of the molecule is CC[C@H](NC(=O)Cc1cccs1)C(=O)O. The highest BCUT2D eigenvalue weighted by molar-refractivity contribution is 7.10. The third-order valence-corrected chi connectivity index (χ3v) is 2.83. The maximum Gasteiger partial charge on any atom is 0.326 e. The van der Waals surface area contributed by atoms with Gasteiger partial charge in [-0.15, -0.1) is 11.3 Å². The Labute approximate surface area is 91.9 Å². The molecule has 4 nitrogen and oxygen atoms in total. The van der Waals surface area contributed by atoms with E-state index in [1.54, 1.807) is 6.92 Å². The molecule has 1 heterocycles. The van der Waals surface area contributed by atoms with E-state index in [0.29, 0.717) is 6.42 Å². The van der Waals surface area contributed by atoms with Gasteiger partial charge in [0.25, 0.3) is 0 Å². The van der Waals surface area contributed by atoms with Crippen LogP contribution >= 0.6 is 11.3 Å². The molecule has 0 aliphatic heterocycles. The molecule has 1 amide bonds. The zero-order valence-electron chi connectivity index (χ0n) is 8.40. The summed E-state index contributed by atoms with van der Waals surface area (Å²) in [6.07, 6.45) is 0.646. The van der Waals surface area contributed by atoms with Crippen LogP contribution in [0, 0.1) is 0 Å². The van der Waals surface area contributed by atoms with E-state index in [-0.39, 0.29) is 12.3 Å². The molecule has 5 heteroatoms. The molecule has 0 aromatic carbocycles. The molecule has 0 saturated heterocycles. The maximum absolute atomic E-state index is 11.4. The molecule has 0 spiro atoms. The Morgan fingerprint density at radius 3 is 2.80 bits per heavy atom. The first kappa shape index (κ1) is 11.7. The summed E-state index contributed by atoms with van der Waals surface area (Å²) < 4.78 is 0. The molecular weight excluding hydrogens is 214 g/mol. The number of hydrogen-bond acceptors (Lipinski definition) is 3. The van der Waals surface area contributed by atoms with Crippen LogP contribution in [0.1, 0.15) is 18.2 Å². The minimum absolute atomic E-state index is 0.244. The molecule has 15 heavy (non-hydrogen) atoms. The van der Waals surface area contributed by atoms with Crippen molar-refractivity contribution in [2.75, 3.05) is 0 Å². The van der Waals surface area contributed by atoms with Gasteiger partial charge >= 0.3 is 5.97 Å². The fourth-order valence-electron chi connectivity index (χ4n) is 1.16. The van der Waals surface area contributed by atoms with Crippen molar-refractivity contribution in [3.8, 4) is 0 Å². The number of carboxylic acid groups (broad SMARTS) is 1. The molecule has 0 aliphatic carbocycles. The second kappa shape index (κ2) is 5.50. The highest BCUT2D eigenvalue weighted by Crippen LogP contribution is 2.09. The molecule has 0 aliphatic rings. The van der Waals surface area contributed by atoms with E-state index in [1.807, 2.05) is 17.5 Å². The maximum atomic E-state index is 11.4. The summed E-state index contributed by atoms with van der Waals surface area (Å²) in [5.74, 6) is -1.23. The standard InChI is InChI=1S/C10H13NO3S/c1-2-8(10(13)14)11-9(12)6-7-4-3-5-15-7/h3-5,8H,2,6H2,1H3,(H,11,12)(H,13,14)/t8-/m0/s1. The number of carboxylic acids is 1. The van der Waals surface area contributed by atoms with E-state index in [9.17, 15) is 9.59 Å². The van der Waals surface area contributed by atoms with Crippen molar-refractivity contribution < 1.29 is 14.7 Å². The Morgan fingerprint density at radius 1 is 1.60 bits per heavy atom. The Hall–Kier alpha value is -1.36. The summed E-state index contributed by atoms with van der Waals surface area (Å²) in [6, 6.07) is 2.94. The summed E-state index contributed by atoms with van der Waals surface area (Å²) in [7, 11) is 0. The number of carbonyl (C=O) groups is 2. The zero-order chi connectivity index (χ0) is 11.3. The molecular formula is C10H13NO3S. The minimum atomic E-state index is -0.989. The van der Waals surface area contributed by atoms with Crippen LogP contribution in [0.25, 0.3) is 0 Å². The Balaban J connectivity index is 2.45. The average molecular weight is 227 g/mol. The molecule has 0 bridgehead atoms. The third kappa shape index (κ3) is 3.71. The first-order valence-corrected chi connectivity index (χ1v) is 5.56. The van der Waals surface area contributed by atoms with Gasteiger partial charge in [0.05, 0.1) is 6.42 Å². The van der Waals surface area contributed by atoms with Gasteiger partial charge in [0.1, 0.15) is 6.04 Å². The van der Waals surface area contributed by atoms with Crippen molar-refractivity contribution in [2.45, 2.75) is 25.8 Å². The molecule has 82 valence electrons. The van der Waals surface area contributed by atoms with Gasteiger partial charge in [0.15, 0.2) is 0 Å². The number of aliphatic carboxylic acids is 1. The highest BCUT2D eigenvalue weighted by Gasteiger charge is 2.17. The van der Waals surface area contributed by atoms with Crippen LogP contribution in [0.4, 0.5) is 0 Å². The van der Waals surface area contributed by atoms with Crippen LogP contribution in [-0.2, 0) is 16.0 Å². The van der Waals surface area contributed by atoms with Gasteiger partial charge in [0.2, 0.25) is 5.91 Å². The molecule has 1 atom stereocenters. The van der Waals surface area contributed by atoms with Crippen LogP contribution in [0.2, 0.25) is 0 Å². The zero-order valence-corrected chi connectivity index (χ0v) is 9.21. The van der Waals surface area contributed by atoms with Gasteiger partial charge < -0.3 is 10.4 Å². The van der Waals surface area contributed by atoms with E-state index < -0.39 is 12.0 Å². The van der Waals surface area contributed by atoms with Crippen molar-refractivity contribution in [2.24, 2.45) is 0 Å². The van der Waals surface area contributed by atoms with Crippen LogP contribution in [-0.4, -0.2) is 23.0 Å². The molecule has 1 aromatic rings. The van der Waals surface area contributed by atoms with Crippen LogP contribution in [0.5, 0.6) is 0 Å². The number of amides is 1. The first-order chi connectivity index (χ1) is 7.13. The first-order valence-electron chi connectivity index (χ1n) is 4.68. The predicted octanol–water partition coefficient (Wildman–Crippen LogP) is 1.27. The van der Waals surface area contributed by atoms with E-state index in [0.717, 1.165) is 4.88 Å². The van der Waals surface area contributed by atoms with Crippen molar-refractivity contribution in [1.29, 1.82) is 0 Å². The smallest absolute Gasteiger partial charge is 0.326 e. The molecule has 1 rings (SSSR count). The van der Waals surface area contributed by atoms with Crippen LogP contribution in [0.15, 0.2) is 17.5 Å². The van der Waals surface area contributed by atoms with Gasteiger partial charge in [-0.25, -0.2) is 4.79 Å². The minimum Gasteiger partial charge on any atom is -0.480 e. The van der Waals surface area contributed by atoms with Crippen molar-refractivity contribution >= 4 is 23.2 Å². The van der Waals surface area contributed by atoms with Crippen molar-refractivity contribution in [1.82, 2.24) is 5.32 Å². The monoisotopic (exact) mass is 227 g/mol. The highest BCUT2D eigenvalue weighted by atomic mass is 32.1. The molecule has 0 fully saturated rings. The van der Waals surface area contributed by atoms with Gasteiger partial charge in [-0.3, -0.25) is 4.79 Å². The number of nitrogens with one attached hydrogen (secondary N) is 1. The average Bonchev–Trinajstić information content (AvgIpc) is 2.66.